The molecule has 5 heteroatoms. The first-order chi connectivity index (χ1) is 12.0. The number of benzene rings is 2. The van der Waals surface area contributed by atoms with Crippen molar-refractivity contribution in [1.29, 1.82) is 0 Å². The summed E-state index contributed by atoms with van der Waals surface area (Å²) in [6.45, 7) is 2.92. The van der Waals surface area contributed by atoms with E-state index >= 15 is 0 Å². The van der Waals surface area contributed by atoms with E-state index in [9.17, 15) is 4.79 Å². The summed E-state index contributed by atoms with van der Waals surface area (Å²) in [4.78, 5) is 14.1. The van der Waals surface area contributed by atoms with Crippen LogP contribution in [0.25, 0.3) is 0 Å². The number of hydrogen-bond acceptors (Lipinski definition) is 3. The second-order valence-corrected chi connectivity index (χ2v) is 6.76. The van der Waals surface area contributed by atoms with Crippen LogP contribution in [0.2, 0.25) is 5.02 Å². The number of fused-ring (bicyclic) bond motifs is 1. The molecule has 1 heterocycles. The number of likely N-dealkylation sites (N-methyl/N-ethyl adjacent to an activating group) is 1. The maximum atomic E-state index is 12.4. The highest BCUT2D eigenvalue weighted by molar-refractivity contribution is 6.31. The van der Waals surface area contributed by atoms with Crippen molar-refractivity contribution in [2.24, 2.45) is 0 Å². The number of aryl methyl sites for hydroxylation is 2. The van der Waals surface area contributed by atoms with Gasteiger partial charge in [-0.3, -0.25) is 4.79 Å². The van der Waals surface area contributed by atoms with Gasteiger partial charge in [-0.25, -0.2) is 0 Å². The third kappa shape index (κ3) is 4.45. The summed E-state index contributed by atoms with van der Waals surface area (Å²) in [5.74, 6) is 1.57. The largest absolute Gasteiger partial charge is 0.486 e. The van der Waals surface area contributed by atoms with E-state index in [1.54, 1.807) is 11.9 Å². The summed E-state index contributed by atoms with van der Waals surface area (Å²) in [7, 11) is 1.80. The Hall–Kier alpha value is -2.20. The Kier molecular flexibility index (Phi) is 5.49. The normalized spacial score (nSPS) is 15.7. The molecular weight excluding hydrogens is 338 g/mol. The fourth-order valence-corrected chi connectivity index (χ4v) is 3.00. The van der Waals surface area contributed by atoms with E-state index in [4.69, 9.17) is 21.1 Å². The lowest BCUT2D eigenvalue weighted by Gasteiger charge is -2.29. The lowest BCUT2D eigenvalue weighted by Crippen LogP contribution is -2.41. The maximum absolute atomic E-state index is 12.4. The van der Waals surface area contributed by atoms with Gasteiger partial charge in [-0.15, -0.1) is 0 Å². The average Bonchev–Trinajstić information content (AvgIpc) is 2.62. The number of rotatable bonds is 5. The quantitative estimate of drug-likeness (QED) is 0.813. The molecule has 3 rings (SSSR count). The second kappa shape index (κ2) is 7.79. The number of halogens is 1. The average molecular weight is 360 g/mol. The number of ether oxygens (including phenoxy) is 2. The third-order valence-corrected chi connectivity index (χ3v) is 4.74. The highest BCUT2D eigenvalue weighted by Crippen LogP contribution is 2.31. The van der Waals surface area contributed by atoms with Crippen molar-refractivity contribution in [2.45, 2.75) is 25.9 Å². The zero-order valence-electron chi connectivity index (χ0n) is 14.5. The molecule has 0 radical (unpaired) electrons. The van der Waals surface area contributed by atoms with Crippen molar-refractivity contribution in [3.05, 3.63) is 58.6 Å². The molecule has 0 spiro atoms. The van der Waals surface area contributed by atoms with E-state index in [0.29, 0.717) is 26.0 Å². The number of amides is 1. The number of carbonyl (C=O) groups is 1. The van der Waals surface area contributed by atoms with E-state index in [2.05, 4.69) is 0 Å². The zero-order valence-corrected chi connectivity index (χ0v) is 15.3. The number of hydrogen-bond donors (Lipinski definition) is 0. The molecule has 1 aliphatic rings. The standard InChI is InChI=1S/C20H22ClNO3/c1-14-7-8-15(11-17(14)21)9-10-20(23)22(2)12-16-13-24-18-5-3-4-6-19(18)25-16/h3-8,11,16H,9-10,12-13H2,1-2H3/t16-/m0/s1. The van der Waals surface area contributed by atoms with Gasteiger partial charge in [0.2, 0.25) is 5.91 Å². The molecule has 132 valence electrons. The Balaban J connectivity index is 1.50. The van der Waals surface area contributed by atoms with Crippen LogP contribution in [0.4, 0.5) is 0 Å². The fourth-order valence-electron chi connectivity index (χ4n) is 2.79. The Morgan fingerprint density at radius 1 is 1.24 bits per heavy atom. The molecule has 1 aliphatic heterocycles. The van der Waals surface area contributed by atoms with Crippen LogP contribution in [0.5, 0.6) is 11.5 Å². The van der Waals surface area contributed by atoms with Gasteiger partial charge in [-0.05, 0) is 42.7 Å². The van der Waals surface area contributed by atoms with Gasteiger partial charge in [0.05, 0.1) is 6.54 Å². The summed E-state index contributed by atoms with van der Waals surface area (Å²) in [6, 6.07) is 13.5. The topological polar surface area (TPSA) is 38.8 Å². The van der Waals surface area contributed by atoms with Gasteiger partial charge >= 0.3 is 0 Å². The van der Waals surface area contributed by atoms with Gasteiger partial charge in [0.1, 0.15) is 6.61 Å². The Morgan fingerprint density at radius 3 is 2.76 bits per heavy atom. The summed E-state index contributed by atoms with van der Waals surface area (Å²) >= 11 is 6.14. The van der Waals surface area contributed by atoms with Crippen LogP contribution in [0.1, 0.15) is 17.5 Å². The number of para-hydroxylation sites is 2. The Labute approximate surface area is 153 Å². The van der Waals surface area contributed by atoms with Gasteiger partial charge in [-0.1, -0.05) is 35.9 Å². The SMILES string of the molecule is Cc1ccc(CCC(=O)N(C)C[C@H]2COc3ccccc3O2)cc1Cl. The maximum Gasteiger partial charge on any atom is 0.222 e. The predicted octanol–water partition coefficient (Wildman–Crippen LogP) is 3.88. The number of nitrogens with zero attached hydrogens (tertiary/aromatic N) is 1. The van der Waals surface area contributed by atoms with Crippen LogP contribution in [0.15, 0.2) is 42.5 Å². The van der Waals surface area contributed by atoms with E-state index in [0.717, 1.165) is 27.6 Å². The third-order valence-electron chi connectivity index (χ3n) is 4.33. The summed E-state index contributed by atoms with van der Waals surface area (Å²) in [6.07, 6.45) is 0.964. The first kappa shape index (κ1) is 17.6. The first-order valence-corrected chi connectivity index (χ1v) is 8.78. The molecule has 0 aliphatic carbocycles. The Morgan fingerprint density at radius 2 is 2.00 bits per heavy atom. The van der Waals surface area contributed by atoms with Crippen LogP contribution < -0.4 is 9.47 Å². The van der Waals surface area contributed by atoms with Crippen LogP contribution in [-0.2, 0) is 11.2 Å². The van der Waals surface area contributed by atoms with Gasteiger partial charge in [0, 0.05) is 18.5 Å². The molecule has 0 unspecified atom stereocenters. The lowest BCUT2D eigenvalue weighted by molar-refractivity contribution is -0.131. The molecule has 4 nitrogen and oxygen atoms in total. The van der Waals surface area contributed by atoms with Crippen LogP contribution in [0.3, 0.4) is 0 Å². The Bertz CT molecular complexity index is 762. The zero-order chi connectivity index (χ0) is 17.8. The molecule has 1 amide bonds. The highest BCUT2D eigenvalue weighted by atomic mass is 35.5. The monoisotopic (exact) mass is 359 g/mol. The van der Waals surface area contributed by atoms with Crippen LogP contribution in [0, 0.1) is 6.92 Å². The minimum Gasteiger partial charge on any atom is -0.486 e. The molecule has 2 aromatic carbocycles. The molecule has 1 atom stereocenters. The van der Waals surface area contributed by atoms with Gasteiger partial charge < -0.3 is 14.4 Å². The van der Waals surface area contributed by atoms with Crippen LogP contribution >= 0.6 is 11.6 Å². The molecule has 0 N–H and O–H groups in total. The summed E-state index contributed by atoms with van der Waals surface area (Å²) in [5, 5.41) is 0.740. The van der Waals surface area contributed by atoms with Gasteiger partial charge in [-0.2, -0.15) is 0 Å². The number of carbonyl (C=O) groups excluding carboxylic acids is 1. The van der Waals surface area contributed by atoms with E-state index < -0.39 is 0 Å². The molecule has 0 fully saturated rings. The van der Waals surface area contributed by atoms with E-state index in [1.807, 2.05) is 49.4 Å². The molecular formula is C20H22ClNO3. The van der Waals surface area contributed by atoms with Crippen molar-refractivity contribution < 1.29 is 14.3 Å². The summed E-state index contributed by atoms with van der Waals surface area (Å²) < 4.78 is 11.6. The fraction of sp³-hybridized carbons (Fsp3) is 0.350. The minimum absolute atomic E-state index is 0.0826. The lowest BCUT2D eigenvalue weighted by atomic mass is 10.1. The predicted molar refractivity (Wildman–Crippen MR) is 98.5 cm³/mol. The molecule has 0 bridgehead atoms. The first-order valence-electron chi connectivity index (χ1n) is 8.40. The van der Waals surface area contributed by atoms with Crippen molar-refractivity contribution in [1.82, 2.24) is 4.90 Å². The highest BCUT2D eigenvalue weighted by Gasteiger charge is 2.23. The minimum atomic E-state index is -0.155. The molecule has 0 saturated heterocycles. The second-order valence-electron chi connectivity index (χ2n) is 6.36. The van der Waals surface area contributed by atoms with E-state index in [-0.39, 0.29) is 12.0 Å². The smallest absolute Gasteiger partial charge is 0.222 e. The molecule has 0 aromatic heterocycles. The van der Waals surface area contributed by atoms with Crippen LogP contribution in [-0.4, -0.2) is 37.1 Å². The van der Waals surface area contributed by atoms with Crippen molar-refractivity contribution in [3.63, 3.8) is 0 Å². The van der Waals surface area contributed by atoms with Crippen molar-refractivity contribution in [2.75, 3.05) is 20.2 Å². The molecule has 0 saturated carbocycles. The van der Waals surface area contributed by atoms with Crippen molar-refractivity contribution in [3.8, 4) is 11.5 Å². The van der Waals surface area contributed by atoms with Gasteiger partial charge in [0.15, 0.2) is 17.6 Å². The molecule has 25 heavy (non-hydrogen) atoms. The van der Waals surface area contributed by atoms with E-state index in [1.165, 1.54) is 0 Å². The van der Waals surface area contributed by atoms with Crippen molar-refractivity contribution >= 4 is 17.5 Å². The summed E-state index contributed by atoms with van der Waals surface area (Å²) in [5.41, 5.74) is 2.12. The molecule has 2 aromatic rings. The van der Waals surface area contributed by atoms with Gasteiger partial charge in [0.25, 0.3) is 0 Å².